The Morgan fingerprint density at radius 1 is 1.17 bits per heavy atom. The zero-order chi connectivity index (χ0) is 18.1. The molecule has 0 aromatic heterocycles. The molecule has 0 fully saturated rings. The maximum Gasteiger partial charge on any atom is 0.326 e. The van der Waals surface area contributed by atoms with Crippen molar-refractivity contribution >= 4 is 17.8 Å². The third-order valence-corrected chi connectivity index (χ3v) is 2.97. The van der Waals surface area contributed by atoms with Gasteiger partial charge in [-0.15, -0.1) is 0 Å². The van der Waals surface area contributed by atoms with E-state index in [0.717, 1.165) is 0 Å². The summed E-state index contributed by atoms with van der Waals surface area (Å²) in [5.41, 5.74) is 0. The van der Waals surface area contributed by atoms with Gasteiger partial charge in [-0.2, -0.15) is 0 Å². The van der Waals surface area contributed by atoms with Crippen LogP contribution in [0, 0.1) is 11.7 Å². The predicted molar refractivity (Wildman–Crippen MR) is 83.9 cm³/mol. The molecule has 0 heterocycles. The highest BCUT2D eigenvalue weighted by Gasteiger charge is 2.21. The number of amides is 2. The molecule has 1 atom stereocenters. The van der Waals surface area contributed by atoms with E-state index in [0.29, 0.717) is 12.2 Å². The summed E-state index contributed by atoms with van der Waals surface area (Å²) in [5.74, 6) is -2.27. The van der Waals surface area contributed by atoms with Crippen molar-refractivity contribution in [2.75, 3.05) is 13.2 Å². The molecular formula is C16H21FN2O5. The molecule has 1 rings (SSSR count). The molecule has 2 amide bonds. The van der Waals surface area contributed by atoms with Gasteiger partial charge >= 0.3 is 5.97 Å². The first-order valence-electron chi connectivity index (χ1n) is 7.45. The van der Waals surface area contributed by atoms with Gasteiger partial charge in [-0.05, 0) is 36.6 Å². The molecule has 7 nitrogen and oxygen atoms in total. The standard InChI is InChI=1S/C16H21FN2O5/c1-10(2)7-13(16(22)23)19-14(20)8-18-15(21)9-24-12-5-3-11(17)4-6-12/h3-6,10,13H,7-9H2,1-2H3,(H,18,21)(H,19,20)(H,22,23)/t13-/m0/s1. The van der Waals surface area contributed by atoms with Crippen molar-refractivity contribution < 1.29 is 28.6 Å². The third kappa shape index (κ3) is 7.57. The zero-order valence-corrected chi connectivity index (χ0v) is 13.5. The number of hydrogen-bond donors (Lipinski definition) is 3. The van der Waals surface area contributed by atoms with E-state index in [2.05, 4.69) is 10.6 Å². The summed E-state index contributed by atoms with van der Waals surface area (Å²) in [6.45, 7) is 2.99. The van der Waals surface area contributed by atoms with E-state index in [4.69, 9.17) is 9.84 Å². The molecule has 0 saturated heterocycles. The highest BCUT2D eigenvalue weighted by atomic mass is 19.1. The van der Waals surface area contributed by atoms with Crippen molar-refractivity contribution in [3.8, 4) is 5.75 Å². The van der Waals surface area contributed by atoms with E-state index in [9.17, 15) is 18.8 Å². The van der Waals surface area contributed by atoms with Crippen LogP contribution in [-0.4, -0.2) is 42.1 Å². The smallest absolute Gasteiger partial charge is 0.326 e. The van der Waals surface area contributed by atoms with Crippen LogP contribution in [-0.2, 0) is 14.4 Å². The van der Waals surface area contributed by atoms with Crippen molar-refractivity contribution in [1.82, 2.24) is 10.6 Å². The fourth-order valence-corrected chi connectivity index (χ4v) is 1.85. The minimum absolute atomic E-state index is 0.102. The zero-order valence-electron chi connectivity index (χ0n) is 13.5. The lowest BCUT2D eigenvalue weighted by Gasteiger charge is -2.16. The summed E-state index contributed by atoms with van der Waals surface area (Å²) in [7, 11) is 0. The van der Waals surface area contributed by atoms with Gasteiger partial charge in [0.15, 0.2) is 6.61 Å². The molecule has 0 bridgehead atoms. The second kappa shape index (κ2) is 9.49. The highest BCUT2D eigenvalue weighted by molar-refractivity contribution is 5.88. The lowest BCUT2D eigenvalue weighted by atomic mass is 10.0. The average Bonchev–Trinajstić information content (AvgIpc) is 2.51. The van der Waals surface area contributed by atoms with Gasteiger partial charge in [0.05, 0.1) is 6.54 Å². The number of aliphatic carboxylic acids is 1. The van der Waals surface area contributed by atoms with Crippen molar-refractivity contribution in [2.45, 2.75) is 26.3 Å². The van der Waals surface area contributed by atoms with Crippen LogP contribution in [0.25, 0.3) is 0 Å². The summed E-state index contributed by atoms with van der Waals surface area (Å²) in [6.07, 6.45) is 0.294. The number of carboxylic acids is 1. The minimum Gasteiger partial charge on any atom is -0.484 e. The Hall–Kier alpha value is -2.64. The summed E-state index contributed by atoms with van der Waals surface area (Å²) in [6, 6.07) is 4.14. The van der Waals surface area contributed by atoms with Gasteiger partial charge in [0.1, 0.15) is 17.6 Å². The van der Waals surface area contributed by atoms with Gasteiger partial charge in [0, 0.05) is 0 Å². The molecule has 132 valence electrons. The third-order valence-electron chi connectivity index (χ3n) is 2.97. The van der Waals surface area contributed by atoms with Gasteiger partial charge in [-0.25, -0.2) is 9.18 Å². The lowest BCUT2D eigenvalue weighted by molar-refractivity contribution is -0.142. The Balaban J connectivity index is 2.33. The topological polar surface area (TPSA) is 105 Å². The number of ether oxygens (including phenoxy) is 1. The van der Waals surface area contributed by atoms with E-state index >= 15 is 0 Å². The van der Waals surface area contributed by atoms with Crippen molar-refractivity contribution in [3.63, 3.8) is 0 Å². The van der Waals surface area contributed by atoms with Gasteiger partial charge in [-0.3, -0.25) is 9.59 Å². The monoisotopic (exact) mass is 340 g/mol. The SMILES string of the molecule is CC(C)C[C@H](NC(=O)CNC(=O)COc1ccc(F)cc1)C(=O)O. The number of nitrogens with one attached hydrogen (secondary N) is 2. The van der Waals surface area contributed by atoms with Crippen molar-refractivity contribution in [2.24, 2.45) is 5.92 Å². The molecule has 0 aliphatic heterocycles. The largest absolute Gasteiger partial charge is 0.484 e. The molecule has 0 spiro atoms. The first-order valence-corrected chi connectivity index (χ1v) is 7.45. The summed E-state index contributed by atoms with van der Waals surface area (Å²) >= 11 is 0. The molecule has 8 heteroatoms. The predicted octanol–water partition coefficient (Wildman–Crippen LogP) is 0.936. The van der Waals surface area contributed by atoms with Crippen molar-refractivity contribution in [3.05, 3.63) is 30.1 Å². The van der Waals surface area contributed by atoms with Crippen LogP contribution < -0.4 is 15.4 Å². The molecule has 1 aromatic rings. The fourth-order valence-electron chi connectivity index (χ4n) is 1.85. The van der Waals surface area contributed by atoms with E-state index in [1.165, 1.54) is 24.3 Å². The fraction of sp³-hybridized carbons (Fsp3) is 0.438. The van der Waals surface area contributed by atoms with Gasteiger partial charge < -0.3 is 20.5 Å². The number of carbonyl (C=O) groups excluding carboxylic acids is 2. The number of carbonyl (C=O) groups is 3. The molecule has 0 aliphatic rings. The first-order chi connectivity index (χ1) is 11.3. The normalized spacial score (nSPS) is 11.7. The minimum atomic E-state index is -1.12. The number of rotatable bonds is 9. The number of hydrogen-bond acceptors (Lipinski definition) is 4. The van der Waals surface area contributed by atoms with Crippen molar-refractivity contribution in [1.29, 1.82) is 0 Å². The number of carboxylic acid groups (broad SMARTS) is 1. The van der Waals surface area contributed by atoms with Crippen LogP contribution in [0.3, 0.4) is 0 Å². The molecular weight excluding hydrogens is 319 g/mol. The van der Waals surface area contributed by atoms with Crippen LogP contribution in [0.2, 0.25) is 0 Å². The Bertz CT molecular complexity index is 574. The maximum absolute atomic E-state index is 12.7. The highest BCUT2D eigenvalue weighted by Crippen LogP contribution is 2.10. The number of halogens is 1. The maximum atomic E-state index is 12.7. The molecule has 0 unspecified atom stereocenters. The van der Waals surface area contributed by atoms with Crippen LogP contribution in [0.1, 0.15) is 20.3 Å². The summed E-state index contributed by atoms with van der Waals surface area (Å²) in [5, 5.41) is 13.7. The first kappa shape index (κ1) is 19.4. The molecule has 3 N–H and O–H groups in total. The Labute approximate surface area is 139 Å². The molecule has 1 aromatic carbocycles. The van der Waals surface area contributed by atoms with Crippen LogP contribution in [0.15, 0.2) is 24.3 Å². The number of benzene rings is 1. The molecule has 0 saturated carbocycles. The molecule has 0 aliphatic carbocycles. The van der Waals surface area contributed by atoms with Crippen LogP contribution >= 0.6 is 0 Å². The van der Waals surface area contributed by atoms with E-state index in [1.807, 2.05) is 13.8 Å². The van der Waals surface area contributed by atoms with E-state index in [1.54, 1.807) is 0 Å². The van der Waals surface area contributed by atoms with Gasteiger partial charge in [0.2, 0.25) is 5.91 Å². The molecule has 24 heavy (non-hydrogen) atoms. The van der Waals surface area contributed by atoms with Crippen LogP contribution in [0.4, 0.5) is 4.39 Å². The van der Waals surface area contributed by atoms with E-state index < -0.39 is 29.6 Å². The van der Waals surface area contributed by atoms with E-state index in [-0.39, 0.29) is 19.1 Å². The lowest BCUT2D eigenvalue weighted by Crippen LogP contribution is -2.46. The van der Waals surface area contributed by atoms with Gasteiger partial charge in [-0.1, -0.05) is 13.8 Å². The second-order valence-corrected chi connectivity index (χ2v) is 5.61. The summed E-state index contributed by atoms with van der Waals surface area (Å²) in [4.78, 5) is 34.3. The van der Waals surface area contributed by atoms with Crippen LogP contribution in [0.5, 0.6) is 5.75 Å². The average molecular weight is 340 g/mol. The quantitative estimate of drug-likeness (QED) is 0.620. The van der Waals surface area contributed by atoms with Gasteiger partial charge in [0.25, 0.3) is 5.91 Å². The Morgan fingerprint density at radius 3 is 2.33 bits per heavy atom. The summed E-state index contributed by atoms with van der Waals surface area (Å²) < 4.78 is 17.8. The Kier molecular flexibility index (Phi) is 7.67. The molecule has 0 radical (unpaired) electrons. The second-order valence-electron chi connectivity index (χ2n) is 5.61. The Morgan fingerprint density at radius 2 is 1.79 bits per heavy atom.